The second-order valence-electron chi connectivity index (χ2n) is 4.22. The lowest BCUT2D eigenvalue weighted by Crippen LogP contribution is -2.35. The fraction of sp³-hybridized carbons (Fsp3) is 0.500. The first-order chi connectivity index (χ1) is 8.47. The summed E-state index contributed by atoms with van der Waals surface area (Å²) in [5.41, 5.74) is 0. The fourth-order valence-corrected chi connectivity index (χ4v) is 2.29. The van der Waals surface area contributed by atoms with Crippen molar-refractivity contribution in [1.29, 1.82) is 0 Å². The molecule has 0 saturated carbocycles. The lowest BCUT2D eigenvalue weighted by atomic mass is 9.96. The molecule has 0 aromatic carbocycles. The van der Waals surface area contributed by atoms with Crippen molar-refractivity contribution in [3.05, 3.63) is 16.3 Å². The van der Waals surface area contributed by atoms with Crippen molar-refractivity contribution < 1.29 is 19.4 Å². The van der Waals surface area contributed by atoms with Gasteiger partial charge in [-0.05, 0) is 17.4 Å². The molecule has 1 heterocycles. The summed E-state index contributed by atoms with van der Waals surface area (Å²) < 4.78 is 5.04. The zero-order valence-electron chi connectivity index (χ0n) is 10.6. The molecule has 1 aromatic rings. The number of methoxy groups -OCH3 is 1. The van der Waals surface area contributed by atoms with Crippen LogP contribution in [-0.2, 0) is 4.79 Å². The van der Waals surface area contributed by atoms with E-state index < -0.39 is 11.9 Å². The van der Waals surface area contributed by atoms with Crippen LogP contribution in [-0.4, -0.2) is 30.6 Å². The quantitative estimate of drug-likeness (QED) is 0.828. The van der Waals surface area contributed by atoms with Gasteiger partial charge in [-0.2, -0.15) is 0 Å². The Morgan fingerprint density at radius 2 is 2.17 bits per heavy atom. The van der Waals surface area contributed by atoms with Crippen molar-refractivity contribution in [2.45, 2.75) is 13.8 Å². The highest BCUT2D eigenvalue weighted by molar-refractivity contribution is 7.12. The van der Waals surface area contributed by atoms with E-state index in [1.54, 1.807) is 11.4 Å². The van der Waals surface area contributed by atoms with Crippen molar-refractivity contribution in [2.75, 3.05) is 13.7 Å². The van der Waals surface area contributed by atoms with Crippen molar-refractivity contribution in [2.24, 2.45) is 11.8 Å². The number of thiophene rings is 1. The number of carbonyl (C=O) groups is 2. The Morgan fingerprint density at radius 3 is 2.67 bits per heavy atom. The van der Waals surface area contributed by atoms with Crippen LogP contribution in [0.1, 0.15) is 23.5 Å². The van der Waals surface area contributed by atoms with E-state index >= 15 is 0 Å². The van der Waals surface area contributed by atoms with Gasteiger partial charge in [-0.25, -0.2) is 0 Å². The van der Waals surface area contributed by atoms with Crippen molar-refractivity contribution >= 4 is 23.2 Å². The van der Waals surface area contributed by atoms with E-state index in [1.807, 2.05) is 13.8 Å². The van der Waals surface area contributed by atoms with Crippen LogP contribution in [0.3, 0.4) is 0 Å². The van der Waals surface area contributed by atoms with Gasteiger partial charge >= 0.3 is 5.97 Å². The monoisotopic (exact) mass is 271 g/mol. The molecule has 1 rings (SSSR count). The third-order valence-corrected chi connectivity index (χ3v) is 3.55. The molecule has 1 aromatic heterocycles. The number of nitrogens with one attached hydrogen (secondary N) is 1. The van der Waals surface area contributed by atoms with E-state index in [0.29, 0.717) is 10.6 Å². The number of carboxylic acid groups (broad SMARTS) is 1. The molecule has 1 atom stereocenters. The number of hydrogen-bond donors (Lipinski definition) is 2. The molecule has 0 bridgehead atoms. The summed E-state index contributed by atoms with van der Waals surface area (Å²) in [5.74, 6) is -1.31. The van der Waals surface area contributed by atoms with Gasteiger partial charge in [0.2, 0.25) is 0 Å². The van der Waals surface area contributed by atoms with E-state index in [4.69, 9.17) is 9.84 Å². The lowest BCUT2D eigenvalue weighted by molar-refractivity contribution is -0.142. The summed E-state index contributed by atoms with van der Waals surface area (Å²) >= 11 is 1.27. The number of carboxylic acids is 1. The zero-order chi connectivity index (χ0) is 13.7. The minimum atomic E-state index is -0.900. The Morgan fingerprint density at radius 1 is 1.50 bits per heavy atom. The van der Waals surface area contributed by atoms with Crippen molar-refractivity contribution in [3.63, 3.8) is 0 Å². The van der Waals surface area contributed by atoms with E-state index in [1.165, 1.54) is 18.4 Å². The number of carbonyl (C=O) groups excluding carboxylic acids is 1. The molecule has 0 aliphatic carbocycles. The van der Waals surface area contributed by atoms with Gasteiger partial charge < -0.3 is 15.2 Å². The van der Waals surface area contributed by atoms with E-state index in [2.05, 4.69) is 5.32 Å². The predicted molar refractivity (Wildman–Crippen MR) is 69.2 cm³/mol. The summed E-state index contributed by atoms with van der Waals surface area (Å²) in [7, 11) is 1.49. The average molecular weight is 271 g/mol. The maximum absolute atomic E-state index is 11.9. The number of amides is 1. The number of hydrogen-bond acceptors (Lipinski definition) is 4. The predicted octanol–water partition coefficient (Wildman–Crippen LogP) is 1.84. The molecule has 0 saturated heterocycles. The summed E-state index contributed by atoms with van der Waals surface area (Å²) in [6, 6.07) is 1.71. The molecule has 1 amide bonds. The van der Waals surface area contributed by atoms with E-state index in [0.717, 1.165) is 0 Å². The van der Waals surface area contributed by atoms with Crippen molar-refractivity contribution in [3.8, 4) is 5.75 Å². The van der Waals surface area contributed by atoms with Gasteiger partial charge in [0.05, 0.1) is 13.0 Å². The molecule has 18 heavy (non-hydrogen) atoms. The average Bonchev–Trinajstić information content (AvgIpc) is 2.75. The Labute approximate surface area is 110 Å². The van der Waals surface area contributed by atoms with Gasteiger partial charge in [0.1, 0.15) is 10.6 Å². The molecule has 1 unspecified atom stereocenters. The highest BCUT2D eigenvalue weighted by Crippen LogP contribution is 2.24. The van der Waals surface area contributed by atoms with E-state index in [9.17, 15) is 9.59 Å². The van der Waals surface area contributed by atoms with Crippen LogP contribution in [0.4, 0.5) is 0 Å². The first-order valence-corrected chi connectivity index (χ1v) is 6.47. The van der Waals surface area contributed by atoms with Gasteiger partial charge in [-0.1, -0.05) is 13.8 Å². The van der Waals surface area contributed by atoms with E-state index in [-0.39, 0.29) is 18.4 Å². The SMILES string of the molecule is COc1ccsc1C(=O)NCC(C(=O)O)C(C)C. The largest absolute Gasteiger partial charge is 0.495 e. The Balaban J connectivity index is 2.63. The number of aliphatic carboxylic acids is 1. The van der Waals surface area contributed by atoms with Crippen LogP contribution >= 0.6 is 11.3 Å². The third kappa shape index (κ3) is 3.46. The van der Waals surface area contributed by atoms with Gasteiger partial charge in [0, 0.05) is 6.54 Å². The molecule has 0 spiro atoms. The van der Waals surface area contributed by atoms with Gasteiger partial charge in [-0.3, -0.25) is 9.59 Å². The third-order valence-electron chi connectivity index (χ3n) is 2.66. The van der Waals surface area contributed by atoms with Crippen LogP contribution in [0.25, 0.3) is 0 Å². The maximum Gasteiger partial charge on any atom is 0.308 e. The van der Waals surface area contributed by atoms with Crippen LogP contribution in [0.5, 0.6) is 5.75 Å². The first-order valence-electron chi connectivity index (χ1n) is 5.59. The van der Waals surface area contributed by atoms with Crippen LogP contribution in [0.2, 0.25) is 0 Å². The highest BCUT2D eigenvalue weighted by atomic mass is 32.1. The second kappa shape index (κ2) is 6.39. The maximum atomic E-state index is 11.9. The standard InChI is InChI=1S/C12H17NO4S/c1-7(2)8(12(15)16)6-13-11(14)10-9(17-3)4-5-18-10/h4-5,7-8H,6H2,1-3H3,(H,13,14)(H,15,16). The molecule has 2 N–H and O–H groups in total. The molecule has 0 radical (unpaired) electrons. The molecule has 0 fully saturated rings. The lowest BCUT2D eigenvalue weighted by Gasteiger charge is -2.16. The van der Waals surface area contributed by atoms with Crippen molar-refractivity contribution in [1.82, 2.24) is 5.32 Å². The van der Waals surface area contributed by atoms with Gasteiger partial charge in [-0.15, -0.1) is 11.3 Å². The van der Waals surface area contributed by atoms with Crippen LogP contribution in [0.15, 0.2) is 11.4 Å². The van der Waals surface area contributed by atoms with Crippen LogP contribution in [0, 0.1) is 11.8 Å². The Hall–Kier alpha value is -1.56. The normalized spacial score (nSPS) is 12.2. The minimum Gasteiger partial charge on any atom is -0.495 e. The Kier molecular flexibility index (Phi) is 5.15. The first kappa shape index (κ1) is 14.5. The summed E-state index contributed by atoms with van der Waals surface area (Å²) in [5, 5.41) is 13.4. The molecule has 6 heteroatoms. The summed E-state index contributed by atoms with van der Waals surface area (Å²) in [6.45, 7) is 3.75. The molecule has 5 nitrogen and oxygen atoms in total. The highest BCUT2D eigenvalue weighted by Gasteiger charge is 2.23. The summed E-state index contributed by atoms with van der Waals surface area (Å²) in [6.07, 6.45) is 0. The number of ether oxygens (including phenoxy) is 1. The smallest absolute Gasteiger partial charge is 0.308 e. The molecular weight excluding hydrogens is 254 g/mol. The molecule has 0 aliphatic rings. The molecule has 0 aliphatic heterocycles. The molecule has 100 valence electrons. The topological polar surface area (TPSA) is 75.6 Å². The van der Waals surface area contributed by atoms with Gasteiger partial charge in [0.15, 0.2) is 0 Å². The molecular formula is C12H17NO4S. The Bertz CT molecular complexity index is 427. The second-order valence-corrected chi connectivity index (χ2v) is 5.13. The van der Waals surface area contributed by atoms with Crippen LogP contribution < -0.4 is 10.1 Å². The fourth-order valence-electron chi connectivity index (χ4n) is 1.51. The minimum absolute atomic E-state index is 0.0342. The summed E-state index contributed by atoms with van der Waals surface area (Å²) in [4.78, 5) is 23.3. The zero-order valence-corrected chi connectivity index (χ0v) is 11.4. The van der Waals surface area contributed by atoms with Gasteiger partial charge in [0.25, 0.3) is 5.91 Å². The number of rotatable bonds is 6.